The number of benzene rings is 1. The number of rotatable bonds is 4. The van der Waals surface area contributed by atoms with E-state index in [0.717, 1.165) is 0 Å². The number of nitrogens with one attached hydrogen (secondary N) is 1. The minimum Gasteiger partial charge on any atom is -0.480 e. The fourth-order valence-electron chi connectivity index (χ4n) is 1.16. The lowest BCUT2D eigenvalue weighted by atomic mass is 10.1. The lowest BCUT2D eigenvalue weighted by Gasteiger charge is -2.13. The van der Waals surface area contributed by atoms with Crippen LogP contribution in [-0.4, -0.2) is 34.7 Å². The molecule has 0 fully saturated rings. The van der Waals surface area contributed by atoms with Gasteiger partial charge in [-0.1, -0.05) is 17.7 Å². The lowest BCUT2D eigenvalue weighted by molar-refractivity contribution is -0.140. The van der Waals surface area contributed by atoms with Crippen LogP contribution in [0.15, 0.2) is 18.2 Å². The van der Waals surface area contributed by atoms with Gasteiger partial charge in [-0.25, -0.2) is 4.79 Å². The van der Waals surface area contributed by atoms with Crippen molar-refractivity contribution in [1.29, 1.82) is 0 Å². The molecule has 0 heterocycles. The summed E-state index contributed by atoms with van der Waals surface area (Å²) in [7, 11) is 0. The van der Waals surface area contributed by atoms with Crippen molar-refractivity contribution >= 4 is 29.2 Å². The van der Waals surface area contributed by atoms with Crippen LogP contribution in [0.3, 0.4) is 0 Å². The number of hydrogen-bond donors (Lipinski definition) is 4. The van der Waals surface area contributed by atoms with E-state index in [4.69, 9.17) is 27.5 Å². The van der Waals surface area contributed by atoms with E-state index in [2.05, 4.69) is 5.32 Å². The number of carboxylic acid groups (broad SMARTS) is 1. The van der Waals surface area contributed by atoms with Crippen molar-refractivity contribution in [2.24, 2.45) is 0 Å². The summed E-state index contributed by atoms with van der Waals surface area (Å²) in [5.41, 5.74) is 5.70. The van der Waals surface area contributed by atoms with Gasteiger partial charge in [0.2, 0.25) is 0 Å². The van der Waals surface area contributed by atoms with Crippen molar-refractivity contribution in [3.8, 4) is 0 Å². The molecular formula is C10H11ClN2O4. The average molecular weight is 259 g/mol. The summed E-state index contributed by atoms with van der Waals surface area (Å²) < 4.78 is 0. The summed E-state index contributed by atoms with van der Waals surface area (Å²) in [6.07, 6.45) is 0. The number of aliphatic hydroxyl groups excluding tert-OH is 1. The highest BCUT2D eigenvalue weighted by atomic mass is 35.5. The van der Waals surface area contributed by atoms with Crippen LogP contribution in [0.25, 0.3) is 0 Å². The Bertz CT molecular complexity index is 450. The fraction of sp³-hybridized carbons (Fsp3) is 0.200. The average Bonchev–Trinajstić information content (AvgIpc) is 2.28. The molecule has 0 saturated heterocycles. The van der Waals surface area contributed by atoms with Crippen LogP contribution in [0.5, 0.6) is 0 Å². The first kappa shape index (κ1) is 13.3. The summed E-state index contributed by atoms with van der Waals surface area (Å²) in [5, 5.41) is 19.7. The molecule has 1 aromatic rings. The molecule has 1 aromatic carbocycles. The van der Waals surface area contributed by atoms with Gasteiger partial charge < -0.3 is 21.3 Å². The Balaban J connectivity index is 2.90. The van der Waals surface area contributed by atoms with Gasteiger partial charge in [-0.3, -0.25) is 4.79 Å². The number of anilines is 1. The Morgan fingerprint density at radius 2 is 2.12 bits per heavy atom. The largest absolute Gasteiger partial charge is 0.480 e. The van der Waals surface area contributed by atoms with Gasteiger partial charge in [0.1, 0.15) is 0 Å². The van der Waals surface area contributed by atoms with E-state index < -0.39 is 24.5 Å². The maximum absolute atomic E-state index is 11.7. The highest BCUT2D eigenvalue weighted by Crippen LogP contribution is 2.22. The van der Waals surface area contributed by atoms with Crippen molar-refractivity contribution in [2.75, 3.05) is 12.3 Å². The topological polar surface area (TPSA) is 113 Å². The second-order valence-corrected chi connectivity index (χ2v) is 3.66. The number of aliphatic carboxylic acids is 1. The van der Waals surface area contributed by atoms with E-state index in [1.54, 1.807) is 0 Å². The first-order valence-corrected chi connectivity index (χ1v) is 5.03. The molecule has 0 bridgehead atoms. The maximum atomic E-state index is 11.7. The smallest absolute Gasteiger partial charge is 0.328 e. The molecule has 17 heavy (non-hydrogen) atoms. The molecule has 1 rings (SSSR count). The number of nitrogens with two attached hydrogens (primary N) is 1. The van der Waals surface area contributed by atoms with Gasteiger partial charge in [-0.15, -0.1) is 0 Å². The Labute approximate surface area is 102 Å². The third-order valence-corrected chi connectivity index (χ3v) is 2.41. The second kappa shape index (κ2) is 5.51. The molecule has 0 aliphatic carbocycles. The van der Waals surface area contributed by atoms with Crippen LogP contribution in [-0.2, 0) is 4.79 Å². The minimum atomic E-state index is -1.37. The number of para-hydroxylation sites is 1. The van der Waals surface area contributed by atoms with E-state index in [9.17, 15) is 9.59 Å². The number of carbonyl (C=O) groups is 2. The SMILES string of the molecule is Nc1c(Cl)cccc1C(=O)NC(CO)C(=O)O. The molecule has 0 radical (unpaired) electrons. The van der Waals surface area contributed by atoms with Crippen molar-refractivity contribution in [2.45, 2.75) is 6.04 Å². The normalized spacial score (nSPS) is 11.9. The zero-order valence-corrected chi connectivity index (χ0v) is 9.44. The number of hydrogen-bond acceptors (Lipinski definition) is 4. The molecule has 6 nitrogen and oxygen atoms in total. The third-order valence-electron chi connectivity index (χ3n) is 2.08. The second-order valence-electron chi connectivity index (χ2n) is 3.25. The van der Waals surface area contributed by atoms with Crippen molar-refractivity contribution in [1.82, 2.24) is 5.32 Å². The van der Waals surface area contributed by atoms with Gasteiger partial charge in [0.15, 0.2) is 6.04 Å². The molecule has 0 saturated carbocycles. The van der Waals surface area contributed by atoms with E-state index in [0.29, 0.717) is 0 Å². The zero-order valence-electron chi connectivity index (χ0n) is 8.68. The van der Waals surface area contributed by atoms with Crippen LogP contribution in [0.4, 0.5) is 5.69 Å². The van der Waals surface area contributed by atoms with Gasteiger partial charge in [0, 0.05) is 0 Å². The highest BCUT2D eigenvalue weighted by molar-refractivity contribution is 6.33. The molecule has 0 aromatic heterocycles. The van der Waals surface area contributed by atoms with E-state index in [1.807, 2.05) is 0 Å². The molecule has 1 unspecified atom stereocenters. The Hall–Kier alpha value is -1.79. The highest BCUT2D eigenvalue weighted by Gasteiger charge is 2.21. The number of halogens is 1. The Morgan fingerprint density at radius 3 is 2.65 bits per heavy atom. The van der Waals surface area contributed by atoms with Gasteiger partial charge >= 0.3 is 5.97 Å². The fourth-order valence-corrected chi connectivity index (χ4v) is 1.33. The number of amides is 1. The third kappa shape index (κ3) is 3.08. The summed E-state index contributed by atoms with van der Waals surface area (Å²) in [4.78, 5) is 22.3. The molecule has 0 aliphatic heterocycles. The summed E-state index contributed by atoms with van der Waals surface area (Å²) in [6, 6.07) is 3.06. The predicted octanol–water partition coefficient (Wildman–Crippen LogP) is 0.0975. The van der Waals surface area contributed by atoms with Crippen LogP contribution in [0.2, 0.25) is 5.02 Å². The molecule has 1 amide bonds. The summed E-state index contributed by atoms with van der Waals surface area (Å²) in [5.74, 6) is -2.03. The van der Waals surface area contributed by atoms with E-state index in [-0.39, 0.29) is 16.3 Å². The lowest BCUT2D eigenvalue weighted by Crippen LogP contribution is -2.43. The molecule has 92 valence electrons. The maximum Gasteiger partial charge on any atom is 0.328 e. The van der Waals surface area contributed by atoms with E-state index >= 15 is 0 Å². The molecule has 1 atom stereocenters. The molecule has 0 spiro atoms. The van der Waals surface area contributed by atoms with Crippen molar-refractivity contribution in [3.63, 3.8) is 0 Å². The monoisotopic (exact) mass is 258 g/mol. The predicted molar refractivity (Wildman–Crippen MR) is 61.8 cm³/mol. The first-order chi connectivity index (χ1) is 7.97. The summed E-state index contributed by atoms with van der Waals surface area (Å²) in [6.45, 7) is -0.707. The van der Waals surface area contributed by atoms with Gasteiger partial charge in [0.05, 0.1) is 22.9 Å². The molecule has 0 aliphatic rings. The number of carbonyl (C=O) groups excluding carboxylic acids is 1. The van der Waals surface area contributed by atoms with E-state index in [1.165, 1.54) is 18.2 Å². The van der Waals surface area contributed by atoms with Gasteiger partial charge in [0.25, 0.3) is 5.91 Å². The standard InChI is InChI=1S/C10H11ClN2O4/c11-6-3-1-2-5(8(6)12)9(15)13-7(4-14)10(16)17/h1-3,7,14H,4,12H2,(H,13,15)(H,16,17). The molecule has 5 N–H and O–H groups in total. The van der Waals surface area contributed by atoms with Crippen LogP contribution >= 0.6 is 11.6 Å². The number of aliphatic hydroxyl groups is 1. The Morgan fingerprint density at radius 1 is 1.47 bits per heavy atom. The van der Waals surface area contributed by atoms with Crippen molar-refractivity contribution < 1.29 is 19.8 Å². The first-order valence-electron chi connectivity index (χ1n) is 4.66. The minimum absolute atomic E-state index is 0.0637. The molecular weight excluding hydrogens is 248 g/mol. The van der Waals surface area contributed by atoms with Crippen LogP contribution in [0.1, 0.15) is 10.4 Å². The number of carboxylic acids is 1. The van der Waals surface area contributed by atoms with Crippen LogP contribution < -0.4 is 11.1 Å². The van der Waals surface area contributed by atoms with Crippen LogP contribution in [0, 0.1) is 0 Å². The zero-order chi connectivity index (χ0) is 13.0. The van der Waals surface area contributed by atoms with Gasteiger partial charge in [-0.2, -0.15) is 0 Å². The summed E-state index contributed by atoms with van der Waals surface area (Å²) >= 11 is 5.72. The van der Waals surface area contributed by atoms with Gasteiger partial charge in [-0.05, 0) is 12.1 Å². The van der Waals surface area contributed by atoms with Crippen molar-refractivity contribution in [3.05, 3.63) is 28.8 Å². The quantitative estimate of drug-likeness (QED) is 0.572. The number of nitrogen functional groups attached to an aromatic ring is 1. The Kier molecular flexibility index (Phi) is 4.30. The molecule has 7 heteroatoms.